The molecule has 1 atom stereocenters. The number of ether oxygens (including phenoxy) is 1. The zero-order chi connectivity index (χ0) is 11.7. The van der Waals surface area contributed by atoms with Gasteiger partial charge in [-0.2, -0.15) is 0 Å². The summed E-state index contributed by atoms with van der Waals surface area (Å²) < 4.78 is 17.9. The number of rotatable bonds is 2. The molecule has 5 heteroatoms. The summed E-state index contributed by atoms with van der Waals surface area (Å²) in [5, 5.41) is 10.2. The number of hydrogen-bond donors (Lipinski definition) is 2. The maximum atomic E-state index is 13.6. The smallest absolute Gasteiger partial charge is 0.339 e. The Labute approximate surface area is 90.7 Å². The molecule has 0 aliphatic heterocycles. The number of benzene rings is 1. The van der Waals surface area contributed by atoms with Gasteiger partial charge in [0.15, 0.2) is 6.10 Å². The van der Waals surface area contributed by atoms with E-state index in [1.807, 2.05) is 0 Å². The average molecular weight is 223 g/mol. The number of aromatic nitrogens is 1. The molecular formula is C11H10FNO3. The molecule has 0 bridgehead atoms. The second-order valence-corrected chi connectivity index (χ2v) is 3.36. The van der Waals surface area contributed by atoms with Crippen molar-refractivity contribution < 1.29 is 19.0 Å². The first-order chi connectivity index (χ1) is 7.63. The Bertz CT molecular complexity index is 535. The van der Waals surface area contributed by atoms with Gasteiger partial charge in [-0.05, 0) is 18.2 Å². The highest BCUT2D eigenvalue weighted by Gasteiger charge is 2.22. The quantitative estimate of drug-likeness (QED) is 0.758. The van der Waals surface area contributed by atoms with E-state index in [1.54, 1.807) is 12.3 Å². The third kappa shape index (κ3) is 1.65. The monoisotopic (exact) mass is 223 g/mol. The van der Waals surface area contributed by atoms with E-state index in [2.05, 4.69) is 9.72 Å². The topological polar surface area (TPSA) is 62.3 Å². The van der Waals surface area contributed by atoms with Gasteiger partial charge in [0.05, 0.1) is 7.11 Å². The van der Waals surface area contributed by atoms with Gasteiger partial charge in [0.25, 0.3) is 0 Å². The van der Waals surface area contributed by atoms with E-state index in [9.17, 15) is 14.3 Å². The molecular weight excluding hydrogens is 213 g/mol. The molecule has 0 aliphatic rings. The largest absolute Gasteiger partial charge is 0.467 e. The van der Waals surface area contributed by atoms with Gasteiger partial charge in [-0.3, -0.25) is 0 Å². The van der Waals surface area contributed by atoms with Crippen molar-refractivity contribution in [1.29, 1.82) is 0 Å². The van der Waals surface area contributed by atoms with Crippen LogP contribution in [0.5, 0.6) is 0 Å². The first-order valence-electron chi connectivity index (χ1n) is 4.66. The summed E-state index contributed by atoms with van der Waals surface area (Å²) in [6.45, 7) is 0. The maximum Gasteiger partial charge on any atom is 0.339 e. The van der Waals surface area contributed by atoms with Crippen molar-refractivity contribution in [1.82, 2.24) is 4.98 Å². The standard InChI is InChI=1S/C11H10FNO3/c1-16-11(15)10(14)7-5-9-6(2-3-13-9)4-8(7)12/h2-5,10,13-14H,1H3. The lowest BCUT2D eigenvalue weighted by Gasteiger charge is -2.09. The van der Waals surface area contributed by atoms with Crippen LogP contribution in [-0.4, -0.2) is 23.2 Å². The van der Waals surface area contributed by atoms with Gasteiger partial charge in [0, 0.05) is 22.7 Å². The molecule has 0 saturated heterocycles. The number of nitrogens with one attached hydrogen (secondary N) is 1. The molecule has 1 unspecified atom stereocenters. The van der Waals surface area contributed by atoms with Crippen LogP contribution in [0, 0.1) is 5.82 Å². The van der Waals surface area contributed by atoms with Gasteiger partial charge in [-0.15, -0.1) is 0 Å². The summed E-state index contributed by atoms with van der Waals surface area (Å²) in [6, 6.07) is 4.35. The Morgan fingerprint density at radius 2 is 2.31 bits per heavy atom. The third-order valence-electron chi connectivity index (χ3n) is 2.39. The zero-order valence-electron chi connectivity index (χ0n) is 8.53. The van der Waals surface area contributed by atoms with Crippen LogP contribution < -0.4 is 0 Å². The fourth-order valence-electron chi connectivity index (χ4n) is 1.54. The summed E-state index contributed by atoms with van der Waals surface area (Å²) in [5.74, 6) is -1.52. The van der Waals surface area contributed by atoms with Gasteiger partial charge in [-0.1, -0.05) is 0 Å². The lowest BCUT2D eigenvalue weighted by atomic mass is 10.1. The van der Waals surface area contributed by atoms with Crippen LogP contribution in [0.2, 0.25) is 0 Å². The molecule has 0 aliphatic carbocycles. The zero-order valence-corrected chi connectivity index (χ0v) is 8.53. The van der Waals surface area contributed by atoms with Gasteiger partial charge < -0.3 is 14.8 Å². The number of fused-ring (bicyclic) bond motifs is 1. The van der Waals surface area contributed by atoms with Gasteiger partial charge in [0.1, 0.15) is 5.82 Å². The van der Waals surface area contributed by atoms with Crippen LogP contribution in [0.25, 0.3) is 10.9 Å². The van der Waals surface area contributed by atoms with Crippen molar-refractivity contribution in [3.8, 4) is 0 Å². The predicted octanol–water partition coefficient (Wildman–Crippen LogP) is 1.51. The molecule has 84 valence electrons. The van der Waals surface area contributed by atoms with E-state index in [1.165, 1.54) is 12.1 Å². The maximum absolute atomic E-state index is 13.6. The number of esters is 1. The molecule has 1 heterocycles. The van der Waals surface area contributed by atoms with Crippen LogP contribution in [0.1, 0.15) is 11.7 Å². The molecule has 0 fully saturated rings. The van der Waals surface area contributed by atoms with Crippen molar-refractivity contribution in [2.45, 2.75) is 6.10 Å². The van der Waals surface area contributed by atoms with Crippen LogP contribution in [0.4, 0.5) is 4.39 Å². The van der Waals surface area contributed by atoms with E-state index >= 15 is 0 Å². The number of halogens is 1. The van der Waals surface area contributed by atoms with Crippen molar-refractivity contribution >= 4 is 16.9 Å². The second-order valence-electron chi connectivity index (χ2n) is 3.36. The number of carbonyl (C=O) groups is 1. The van der Waals surface area contributed by atoms with Crippen LogP contribution in [0.15, 0.2) is 24.4 Å². The van der Waals surface area contributed by atoms with Crippen LogP contribution in [0.3, 0.4) is 0 Å². The number of aromatic amines is 1. The minimum Gasteiger partial charge on any atom is -0.467 e. The fraction of sp³-hybridized carbons (Fsp3) is 0.182. The third-order valence-corrected chi connectivity index (χ3v) is 2.39. The summed E-state index contributed by atoms with van der Waals surface area (Å²) in [7, 11) is 1.14. The second kappa shape index (κ2) is 3.94. The molecule has 2 aromatic rings. The number of H-pyrrole nitrogens is 1. The first-order valence-corrected chi connectivity index (χ1v) is 4.66. The Balaban J connectivity index is 2.50. The molecule has 4 nitrogen and oxygen atoms in total. The highest BCUT2D eigenvalue weighted by molar-refractivity contribution is 5.83. The van der Waals surface area contributed by atoms with Crippen molar-refractivity contribution in [2.75, 3.05) is 7.11 Å². The van der Waals surface area contributed by atoms with Gasteiger partial charge >= 0.3 is 5.97 Å². The summed E-state index contributed by atoms with van der Waals surface area (Å²) >= 11 is 0. The van der Waals surface area contributed by atoms with Crippen molar-refractivity contribution in [2.24, 2.45) is 0 Å². The summed E-state index contributed by atoms with van der Waals surface area (Å²) in [5.41, 5.74) is 0.557. The van der Waals surface area contributed by atoms with E-state index in [-0.39, 0.29) is 5.56 Å². The number of carbonyl (C=O) groups excluding carboxylic acids is 1. The minimum absolute atomic E-state index is 0.0956. The van der Waals surface area contributed by atoms with Crippen molar-refractivity contribution in [3.63, 3.8) is 0 Å². The van der Waals surface area contributed by atoms with E-state index in [4.69, 9.17) is 0 Å². The lowest BCUT2D eigenvalue weighted by molar-refractivity contribution is -0.150. The minimum atomic E-state index is -1.60. The highest BCUT2D eigenvalue weighted by atomic mass is 19.1. The van der Waals surface area contributed by atoms with Crippen molar-refractivity contribution in [3.05, 3.63) is 35.8 Å². The number of methoxy groups -OCH3 is 1. The van der Waals surface area contributed by atoms with E-state index in [0.717, 1.165) is 7.11 Å². The molecule has 1 aromatic carbocycles. The Hall–Kier alpha value is -1.88. The normalized spacial score (nSPS) is 12.7. The predicted molar refractivity (Wildman–Crippen MR) is 55.2 cm³/mol. The number of aliphatic hydroxyl groups excluding tert-OH is 1. The highest BCUT2D eigenvalue weighted by Crippen LogP contribution is 2.23. The molecule has 0 radical (unpaired) electrons. The molecule has 0 amide bonds. The summed E-state index contributed by atoms with van der Waals surface area (Å²) in [4.78, 5) is 14.0. The van der Waals surface area contributed by atoms with E-state index < -0.39 is 17.9 Å². The van der Waals surface area contributed by atoms with Crippen LogP contribution >= 0.6 is 0 Å². The lowest BCUT2D eigenvalue weighted by Crippen LogP contribution is -2.14. The molecule has 2 rings (SSSR count). The average Bonchev–Trinajstić information content (AvgIpc) is 2.72. The van der Waals surface area contributed by atoms with Crippen LogP contribution in [-0.2, 0) is 9.53 Å². The SMILES string of the molecule is COC(=O)C(O)c1cc2[nH]ccc2cc1F. The molecule has 1 aromatic heterocycles. The molecule has 0 saturated carbocycles. The Kier molecular flexibility index (Phi) is 2.62. The molecule has 16 heavy (non-hydrogen) atoms. The van der Waals surface area contributed by atoms with Gasteiger partial charge in [-0.25, -0.2) is 9.18 Å². The number of aliphatic hydroxyl groups is 1. The Morgan fingerprint density at radius 3 is 3.00 bits per heavy atom. The molecule has 2 N–H and O–H groups in total. The summed E-state index contributed by atoms with van der Waals surface area (Å²) in [6.07, 6.45) is 0.0518. The fourth-order valence-corrected chi connectivity index (χ4v) is 1.54. The van der Waals surface area contributed by atoms with E-state index in [0.29, 0.717) is 10.9 Å². The van der Waals surface area contributed by atoms with Gasteiger partial charge in [0.2, 0.25) is 0 Å². The first kappa shape index (κ1) is 10.6. The Morgan fingerprint density at radius 1 is 1.56 bits per heavy atom. The molecule has 0 spiro atoms. The number of hydrogen-bond acceptors (Lipinski definition) is 3.